The first-order valence-electron chi connectivity index (χ1n) is 5.42. The van der Waals surface area contributed by atoms with Crippen molar-refractivity contribution in [3.63, 3.8) is 0 Å². The van der Waals surface area contributed by atoms with Crippen molar-refractivity contribution in [1.29, 1.82) is 0 Å². The number of nitrogens with one attached hydrogen (secondary N) is 1. The third-order valence-corrected chi connectivity index (χ3v) is 3.59. The van der Waals surface area contributed by atoms with E-state index in [0.717, 1.165) is 11.2 Å². The number of anilines is 1. The van der Waals surface area contributed by atoms with E-state index >= 15 is 0 Å². The van der Waals surface area contributed by atoms with Gasteiger partial charge in [0.25, 0.3) is 0 Å². The molecule has 2 heterocycles. The molecule has 2 N–H and O–H groups in total. The molecule has 0 fully saturated rings. The van der Waals surface area contributed by atoms with Gasteiger partial charge in [-0.1, -0.05) is 13.8 Å². The van der Waals surface area contributed by atoms with Gasteiger partial charge in [0, 0.05) is 16.3 Å². The average molecular weight is 236 g/mol. The Morgan fingerprint density at radius 2 is 2.25 bits per heavy atom. The van der Waals surface area contributed by atoms with Crippen molar-refractivity contribution < 1.29 is 5.11 Å². The fourth-order valence-electron chi connectivity index (χ4n) is 1.61. The van der Waals surface area contributed by atoms with Crippen LogP contribution in [0.1, 0.15) is 13.8 Å². The lowest BCUT2D eigenvalue weighted by molar-refractivity contribution is 0.249. The largest absolute Gasteiger partial charge is 0.394 e. The zero-order chi connectivity index (χ0) is 11.5. The molecule has 1 unspecified atom stereocenters. The molecule has 2 aromatic rings. The lowest BCUT2D eigenvalue weighted by Crippen LogP contribution is -2.29. The van der Waals surface area contributed by atoms with Crippen LogP contribution >= 0.6 is 11.3 Å². The van der Waals surface area contributed by atoms with Crippen molar-refractivity contribution in [1.82, 2.24) is 4.98 Å². The molecule has 86 valence electrons. The van der Waals surface area contributed by atoms with Crippen molar-refractivity contribution in [2.45, 2.75) is 19.9 Å². The molecule has 0 aliphatic rings. The highest BCUT2D eigenvalue weighted by atomic mass is 32.1. The summed E-state index contributed by atoms with van der Waals surface area (Å²) < 4.78 is 1.22. The summed E-state index contributed by atoms with van der Waals surface area (Å²) >= 11 is 1.70. The zero-order valence-electron chi connectivity index (χ0n) is 9.47. The molecule has 0 spiro atoms. The van der Waals surface area contributed by atoms with Crippen molar-refractivity contribution in [3.05, 3.63) is 23.7 Å². The van der Waals surface area contributed by atoms with Crippen LogP contribution in [0.2, 0.25) is 0 Å². The summed E-state index contributed by atoms with van der Waals surface area (Å²) in [4.78, 5) is 4.33. The summed E-state index contributed by atoms with van der Waals surface area (Å²) in [5.74, 6) is 1.24. The predicted octanol–water partition coefficient (Wildman–Crippen LogP) is 2.73. The average Bonchev–Trinajstić information content (AvgIpc) is 2.73. The van der Waals surface area contributed by atoms with E-state index in [9.17, 15) is 5.11 Å². The fourth-order valence-corrected chi connectivity index (χ4v) is 2.39. The van der Waals surface area contributed by atoms with Crippen molar-refractivity contribution in [3.8, 4) is 0 Å². The quantitative estimate of drug-likeness (QED) is 0.858. The van der Waals surface area contributed by atoms with E-state index in [-0.39, 0.29) is 12.6 Å². The number of rotatable bonds is 4. The number of nitrogens with zero attached hydrogens (tertiary/aromatic N) is 1. The standard InChI is InChI=1S/C12H16N2OS/c1-8(2)10(7-15)14-12-9-4-6-16-11(9)3-5-13-12/h3-6,8,10,15H,7H2,1-2H3,(H,13,14). The van der Waals surface area contributed by atoms with Gasteiger partial charge in [-0.2, -0.15) is 0 Å². The molecular weight excluding hydrogens is 220 g/mol. The molecule has 2 rings (SSSR count). The molecule has 0 aromatic carbocycles. The Balaban J connectivity index is 2.29. The fraction of sp³-hybridized carbons (Fsp3) is 0.417. The van der Waals surface area contributed by atoms with Gasteiger partial charge in [-0.25, -0.2) is 4.98 Å². The Kier molecular flexibility index (Phi) is 3.41. The monoisotopic (exact) mass is 236 g/mol. The second-order valence-corrected chi connectivity index (χ2v) is 5.12. The van der Waals surface area contributed by atoms with E-state index < -0.39 is 0 Å². The summed E-state index contributed by atoms with van der Waals surface area (Å²) in [5, 5.41) is 15.8. The number of hydrogen-bond acceptors (Lipinski definition) is 4. The summed E-state index contributed by atoms with van der Waals surface area (Å²) in [6.45, 7) is 4.29. The summed E-state index contributed by atoms with van der Waals surface area (Å²) in [5.41, 5.74) is 0. The molecule has 3 nitrogen and oxygen atoms in total. The van der Waals surface area contributed by atoms with Crippen LogP contribution in [0.15, 0.2) is 23.7 Å². The van der Waals surface area contributed by atoms with E-state index in [2.05, 4.69) is 35.6 Å². The summed E-state index contributed by atoms with van der Waals surface area (Å²) in [6, 6.07) is 4.12. The van der Waals surface area contributed by atoms with Crippen molar-refractivity contribution in [2.24, 2.45) is 5.92 Å². The molecule has 0 radical (unpaired) electrons. The van der Waals surface area contributed by atoms with Gasteiger partial charge in [-0.15, -0.1) is 11.3 Å². The highest BCUT2D eigenvalue weighted by Crippen LogP contribution is 2.26. The minimum absolute atomic E-state index is 0.0537. The third-order valence-electron chi connectivity index (χ3n) is 2.70. The number of fused-ring (bicyclic) bond motifs is 1. The number of aliphatic hydroxyl groups excluding tert-OH is 1. The van der Waals surface area contributed by atoms with E-state index in [1.807, 2.05) is 6.07 Å². The molecule has 0 saturated heterocycles. The van der Waals surface area contributed by atoms with Gasteiger partial charge in [0.1, 0.15) is 5.82 Å². The SMILES string of the molecule is CC(C)C(CO)Nc1nccc2sccc12. The summed E-state index contributed by atoms with van der Waals surface area (Å²) in [6.07, 6.45) is 1.80. The third kappa shape index (κ3) is 2.18. The van der Waals surface area contributed by atoms with Crippen molar-refractivity contribution >= 4 is 27.2 Å². The second-order valence-electron chi connectivity index (χ2n) is 4.17. The first kappa shape index (κ1) is 11.4. The van der Waals surface area contributed by atoms with Crippen LogP contribution in [0.25, 0.3) is 10.1 Å². The maximum atomic E-state index is 9.29. The highest BCUT2D eigenvalue weighted by Gasteiger charge is 2.13. The molecule has 1 atom stereocenters. The molecule has 16 heavy (non-hydrogen) atoms. The Labute approximate surface area is 99.1 Å². The second kappa shape index (κ2) is 4.80. The van der Waals surface area contributed by atoms with Gasteiger partial charge in [-0.3, -0.25) is 0 Å². The molecule has 0 bridgehead atoms. The molecule has 4 heteroatoms. The van der Waals surface area contributed by atoms with Crippen LogP contribution < -0.4 is 5.32 Å². The number of aromatic nitrogens is 1. The molecule has 0 saturated carbocycles. The van der Waals surface area contributed by atoms with Crippen LogP contribution in [0.5, 0.6) is 0 Å². The molecular formula is C12H16N2OS. The first-order valence-corrected chi connectivity index (χ1v) is 6.30. The lowest BCUT2D eigenvalue weighted by Gasteiger charge is -2.20. The Bertz CT molecular complexity index is 467. The maximum absolute atomic E-state index is 9.29. The molecule has 0 amide bonds. The Morgan fingerprint density at radius 3 is 2.94 bits per heavy atom. The van der Waals surface area contributed by atoms with Gasteiger partial charge >= 0.3 is 0 Å². The Morgan fingerprint density at radius 1 is 1.44 bits per heavy atom. The summed E-state index contributed by atoms with van der Waals surface area (Å²) in [7, 11) is 0. The zero-order valence-corrected chi connectivity index (χ0v) is 10.3. The van der Waals surface area contributed by atoms with Crippen LogP contribution in [0.4, 0.5) is 5.82 Å². The van der Waals surface area contributed by atoms with E-state index in [4.69, 9.17) is 0 Å². The Hall–Kier alpha value is -1.13. The van der Waals surface area contributed by atoms with Gasteiger partial charge < -0.3 is 10.4 Å². The minimum atomic E-state index is 0.0537. The highest BCUT2D eigenvalue weighted by molar-refractivity contribution is 7.17. The number of aliphatic hydroxyl groups is 1. The number of hydrogen-bond donors (Lipinski definition) is 2. The molecule has 0 aliphatic heterocycles. The van der Waals surface area contributed by atoms with Gasteiger partial charge in [0.15, 0.2) is 0 Å². The number of thiophene rings is 1. The number of pyridine rings is 1. The minimum Gasteiger partial charge on any atom is -0.394 e. The smallest absolute Gasteiger partial charge is 0.134 e. The van der Waals surface area contributed by atoms with E-state index in [1.54, 1.807) is 17.5 Å². The van der Waals surface area contributed by atoms with Gasteiger partial charge in [0.2, 0.25) is 0 Å². The van der Waals surface area contributed by atoms with E-state index in [0.29, 0.717) is 5.92 Å². The van der Waals surface area contributed by atoms with Crippen molar-refractivity contribution in [2.75, 3.05) is 11.9 Å². The first-order chi connectivity index (χ1) is 7.72. The van der Waals surface area contributed by atoms with Crippen LogP contribution in [-0.4, -0.2) is 22.7 Å². The van der Waals surface area contributed by atoms with Crippen LogP contribution in [0, 0.1) is 5.92 Å². The predicted molar refractivity (Wildman–Crippen MR) is 69.0 cm³/mol. The topological polar surface area (TPSA) is 45.1 Å². The van der Waals surface area contributed by atoms with Crippen LogP contribution in [-0.2, 0) is 0 Å². The van der Waals surface area contributed by atoms with Crippen LogP contribution in [0.3, 0.4) is 0 Å². The molecule has 0 aliphatic carbocycles. The van der Waals surface area contributed by atoms with E-state index in [1.165, 1.54) is 4.70 Å². The van der Waals surface area contributed by atoms with Gasteiger partial charge in [0.05, 0.1) is 12.6 Å². The maximum Gasteiger partial charge on any atom is 0.134 e. The normalized spacial score (nSPS) is 13.2. The lowest BCUT2D eigenvalue weighted by atomic mass is 10.1. The molecule has 2 aromatic heterocycles. The van der Waals surface area contributed by atoms with Gasteiger partial charge in [-0.05, 0) is 23.4 Å².